The molecule has 1 aliphatic heterocycles. The lowest BCUT2D eigenvalue weighted by Gasteiger charge is -2.17. The summed E-state index contributed by atoms with van der Waals surface area (Å²) in [5.41, 5.74) is 2.50. The van der Waals surface area contributed by atoms with Crippen molar-refractivity contribution in [2.75, 3.05) is 26.6 Å². The zero-order valence-electron chi connectivity index (χ0n) is 13.7. The maximum atomic E-state index is 12.4. The third kappa shape index (κ3) is 2.87. The Hall–Kier alpha value is -2.40. The van der Waals surface area contributed by atoms with Crippen molar-refractivity contribution in [2.24, 2.45) is 0 Å². The van der Waals surface area contributed by atoms with Crippen molar-refractivity contribution in [2.45, 2.75) is 12.3 Å². The van der Waals surface area contributed by atoms with Crippen LogP contribution in [0.25, 0.3) is 0 Å². The molecule has 0 radical (unpaired) electrons. The van der Waals surface area contributed by atoms with E-state index >= 15 is 0 Å². The van der Waals surface area contributed by atoms with Gasteiger partial charge < -0.3 is 19.5 Å². The van der Waals surface area contributed by atoms with Crippen LogP contribution in [0.2, 0.25) is 5.02 Å². The molecule has 0 aromatic heterocycles. The van der Waals surface area contributed by atoms with Crippen molar-refractivity contribution >= 4 is 23.2 Å². The van der Waals surface area contributed by atoms with Gasteiger partial charge in [0.15, 0.2) is 0 Å². The topological polar surface area (TPSA) is 56.8 Å². The first-order valence-electron chi connectivity index (χ1n) is 7.46. The number of anilines is 1. The molecule has 1 aliphatic rings. The lowest BCUT2D eigenvalue weighted by Crippen LogP contribution is -2.15. The van der Waals surface area contributed by atoms with Crippen molar-refractivity contribution in [3.8, 4) is 17.2 Å². The van der Waals surface area contributed by atoms with Gasteiger partial charge in [-0.05, 0) is 24.1 Å². The standard InChI is InChI=1S/C18H18ClNO4/c1-22-11-7-16(23-2)14(17(8-11)24-3)9-13-12-5-4-10(19)6-15(12)20-18(13)21/h4-8,13H,9H2,1-3H3,(H,20,21)/t13-/m1/s1. The van der Waals surface area contributed by atoms with Gasteiger partial charge in [-0.3, -0.25) is 4.79 Å². The van der Waals surface area contributed by atoms with Crippen LogP contribution in [0.1, 0.15) is 17.0 Å². The first-order valence-corrected chi connectivity index (χ1v) is 7.84. The van der Waals surface area contributed by atoms with Gasteiger partial charge in [0.05, 0.1) is 27.2 Å². The van der Waals surface area contributed by atoms with Crippen molar-refractivity contribution in [1.82, 2.24) is 0 Å². The van der Waals surface area contributed by atoms with E-state index in [0.717, 1.165) is 16.8 Å². The SMILES string of the molecule is COc1cc(OC)c(C[C@H]2C(=O)Nc3cc(Cl)ccc32)c(OC)c1. The molecule has 126 valence electrons. The van der Waals surface area contributed by atoms with Gasteiger partial charge in [-0.2, -0.15) is 0 Å². The molecule has 3 rings (SSSR count). The zero-order valence-corrected chi connectivity index (χ0v) is 14.4. The molecule has 1 N–H and O–H groups in total. The van der Waals surface area contributed by atoms with Gasteiger partial charge in [0.2, 0.25) is 5.91 Å². The molecule has 0 aliphatic carbocycles. The maximum absolute atomic E-state index is 12.4. The first-order chi connectivity index (χ1) is 11.6. The van der Waals surface area contributed by atoms with E-state index in [1.165, 1.54) is 0 Å². The van der Waals surface area contributed by atoms with Crippen LogP contribution in [-0.2, 0) is 11.2 Å². The predicted molar refractivity (Wildman–Crippen MR) is 92.6 cm³/mol. The number of carbonyl (C=O) groups is 1. The molecule has 0 bridgehead atoms. The Balaban J connectivity index is 2.01. The molecule has 5 nitrogen and oxygen atoms in total. The van der Waals surface area contributed by atoms with E-state index in [1.54, 1.807) is 45.6 Å². The summed E-state index contributed by atoms with van der Waals surface area (Å²) in [7, 11) is 4.75. The van der Waals surface area contributed by atoms with Gasteiger partial charge in [-0.15, -0.1) is 0 Å². The summed E-state index contributed by atoms with van der Waals surface area (Å²) < 4.78 is 16.2. The van der Waals surface area contributed by atoms with Crippen LogP contribution in [0.3, 0.4) is 0 Å². The normalized spacial score (nSPS) is 15.7. The third-order valence-corrected chi connectivity index (χ3v) is 4.43. The van der Waals surface area contributed by atoms with Crippen LogP contribution in [0.5, 0.6) is 17.2 Å². The van der Waals surface area contributed by atoms with Crippen molar-refractivity contribution in [3.05, 3.63) is 46.5 Å². The molecule has 1 amide bonds. The Morgan fingerprint density at radius 3 is 2.29 bits per heavy atom. The lowest BCUT2D eigenvalue weighted by atomic mass is 9.92. The number of amides is 1. The van der Waals surface area contributed by atoms with Gasteiger partial charge in [0.1, 0.15) is 17.2 Å². The molecule has 2 aromatic rings. The summed E-state index contributed by atoms with van der Waals surface area (Å²) in [6.45, 7) is 0. The second-order valence-electron chi connectivity index (χ2n) is 5.49. The number of benzene rings is 2. The molecule has 0 saturated heterocycles. The van der Waals surface area contributed by atoms with Crippen molar-refractivity contribution in [1.29, 1.82) is 0 Å². The van der Waals surface area contributed by atoms with E-state index < -0.39 is 0 Å². The van der Waals surface area contributed by atoms with Crippen LogP contribution >= 0.6 is 11.6 Å². The maximum Gasteiger partial charge on any atom is 0.232 e. The highest BCUT2D eigenvalue weighted by Crippen LogP contribution is 2.41. The number of methoxy groups -OCH3 is 3. The van der Waals surface area contributed by atoms with E-state index in [2.05, 4.69) is 5.32 Å². The minimum atomic E-state index is -0.325. The second-order valence-corrected chi connectivity index (χ2v) is 5.92. The Kier molecular flexibility index (Phi) is 4.53. The highest BCUT2D eigenvalue weighted by molar-refractivity contribution is 6.31. The highest BCUT2D eigenvalue weighted by Gasteiger charge is 2.32. The zero-order chi connectivity index (χ0) is 17.3. The predicted octanol–water partition coefficient (Wildman–Crippen LogP) is 3.64. The largest absolute Gasteiger partial charge is 0.496 e. The molecular formula is C18H18ClNO4. The Morgan fingerprint density at radius 2 is 1.71 bits per heavy atom. The van der Waals surface area contributed by atoms with Crippen LogP contribution in [0, 0.1) is 0 Å². The molecule has 6 heteroatoms. The fourth-order valence-electron chi connectivity index (χ4n) is 2.99. The van der Waals surface area contributed by atoms with Crippen molar-refractivity contribution < 1.29 is 19.0 Å². The number of hydrogen-bond donors (Lipinski definition) is 1. The summed E-state index contributed by atoms with van der Waals surface area (Å²) in [5.74, 6) is 1.50. The number of fused-ring (bicyclic) bond motifs is 1. The fourth-order valence-corrected chi connectivity index (χ4v) is 3.16. The monoisotopic (exact) mass is 347 g/mol. The average Bonchev–Trinajstić information content (AvgIpc) is 2.89. The summed E-state index contributed by atoms with van der Waals surface area (Å²) >= 11 is 6.00. The number of ether oxygens (including phenoxy) is 3. The number of halogens is 1. The van der Waals surface area contributed by atoms with Crippen LogP contribution < -0.4 is 19.5 Å². The Bertz CT molecular complexity index is 766. The minimum Gasteiger partial charge on any atom is -0.496 e. The summed E-state index contributed by atoms with van der Waals surface area (Å²) in [5, 5.41) is 3.47. The number of rotatable bonds is 5. The molecule has 1 heterocycles. The van der Waals surface area contributed by atoms with Crippen LogP contribution in [0.15, 0.2) is 30.3 Å². The molecule has 0 unspecified atom stereocenters. The van der Waals surface area contributed by atoms with Crippen LogP contribution in [0.4, 0.5) is 5.69 Å². The summed E-state index contributed by atoms with van der Waals surface area (Å²) in [6.07, 6.45) is 0.455. The smallest absolute Gasteiger partial charge is 0.232 e. The molecule has 0 spiro atoms. The number of carbonyl (C=O) groups excluding carboxylic acids is 1. The molecule has 0 saturated carbocycles. The van der Waals surface area contributed by atoms with Gasteiger partial charge in [-0.25, -0.2) is 0 Å². The van der Waals surface area contributed by atoms with E-state index in [9.17, 15) is 4.79 Å². The Labute approximate surface area is 145 Å². The van der Waals surface area contributed by atoms with E-state index in [1.807, 2.05) is 6.07 Å². The van der Waals surface area contributed by atoms with Gasteiger partial charge in [0.25, 0.3) is 0 Å². The van der Waals surface area contributed by atoms with E-state index in [-0.39, 0.29) is 11.8 Å². The summed E-state index contributed by atoms with van der Waals surface area (Å²) in [6, 6.07) is 9.00. The molecule has 0 fully saturated rings. The van der Waals surface area contributed by atoms with Crippen LogP contribution in [-0.4, -0.2) is 27.2 Å². The minimum absolute atomic E-state index is 0.0628. The quantitative estimate of drug-likeness (QED) is 0.897. The number of hydrogen-bond acceptors (Lipinski definition) is 4. The fraction of sp³-hybridized carbons (Fsp3) is 0.278. The first kappa shape index (κ1) is 16.5. The molecule has 2 aromatic carbocycles. The molecule has 1 atom stereocenters. The van der Waals surface area contributed by atoms with E-state index in [0.29, 0.717) is 28.7 Å². The Morgan fingerprint density at radius 1 is 1.04 bits per heavy atom. The van der Waals surface area contributed by atoms with Crippen molar-refractivity contribution in [3.63, 3.8) is 0 Å². The third-order valence-electron chi connectivity index (χ3n) is 4.19. The molecular weight excluding hydrogens is 330 g/mol. The van der Waals surface area contributed by atoms with Gasteiger partial charge >= 0.3 is 0 Å². The number of nitrogens with one attached hydrogen (secondary N) is 1. The average molecular weight is 348 g/mol. The molecule has 24 heavy (non-hydrogen) atoms. The summed E-state index contributed by atoms with van der Waals surface area (Å²) in [4.78, 5) is 12.4. The lowest BCUT2D eigenvalue weighted by molar-refractivity contribution is -0.117. The second kappa shape index (κ2) is 6.61. The highest BCUT2D eigenvalue weighted by atomic mass is 35.5. The van der Waals surface area contributed by atoms with E-state index in [4.69, 9.17) is 25.8 Å². The van der Waals surface area contributed by atoms with Gasteiger partial charge in [-0.1, -0.05) is 17.7 Å². The van der Waals surface area contributed by atoms with Gasteiger partial charge in [0, 0.05) is 28.4 Å².